The lowest BCUT2D eigenvalue weighted by molar-refractivity contribution is -0.00505. The standard InChI is InChI=1S/C13H15N5O2/c1-9-4-16-12(17-9)11-7-20-3-2-18(11)13(19)10-5-14-8-15-6-10/h4-6,8,11H,2-3,7H2,1H3,(H,16,17). The third-order valence-electron chi connectivity index (χ3n) is 3.24. The van der Waals surface area contributed by atoms with E-state index in [0.717, 1.165) is 11.5 Å². The Labute approximate surface area is 116 Å². The van der Waals surface area contributed by atoms with E-state index < -0.39 is 0 Å². The highest BCUT2D eigenvalue weighted by atomic mass is 16.5. The molecular weight excluding hydrogens is 258 g/mol. The van der Waals surface area contributed by atoms with Crippen molar-refractivity contribution in [1.29, 1.82) is 0 Å². The van der Waals surface area contributed by atoms with Crippen LogP contribution in [0, 0.1) is 6.92 Å². The molecule has 1 aliphatic heterocycles. The number of amides is 1. The summed E-state index contributed by atoms with van der Waals surface area (Å²) >= 11 is 0. The van der Waals surface area contributed by atoms with E-state index in [9.17, 15) is 4.79 Å². The number of morpholine rings is 1. The van der Waals surface area contributed by atoms with Gasteiger partial charge >= 0.3 is 0 Å². The third-order valence-corrected chi connectivity index (χ3v) is 3.24. The van der Waals surface area contributed by atoms with Crippen molar-refractivity contribution in [2.45, 2.75) is 13.0 Å². The Hall–Kier alpha value is -2.28. The third kappa shape index (κ3) is 2.39. The van der Waals surface area contributed by atoms with Crippen molar-refractivity contribution in [1.82, 2.24) is 24.8 Å². The predicted octanol–water partition coefficient (Wildman–Crippen LogP) is 0.722. The maximum Gasteiger partial charge on any atom is 0.257 e. The number of imidazole rings is 1. The van der Waals surface area contributed by atoms with Crippen molar-refractivity contribution in [3.8, 4) is 0 Å². The Bertz CT molecular complexity index is 598. The molecule has 0 radical (unpaired) electrons. The highest BCUT2D eigenvalue weighted by molar-refractivity contribution is 5.93. The fourth-order valence-electron chi connectivity index (χ4n) is 2.25. The first-order valence-corrected chi connectivity index (χ1v) is 6.41. The molecule has 1 saturated heterocycles. The molecule has 0 bridgehead atoms. The second-order valence-electron chi connectivity index (χ2n) is 4.67. The molecule has 2 aromatic heterocycles. The molecule has 1 atom stereocenters. The zero-order valence-electron chi connectivity index (χ0n) is 11.1. The van der Waals surface area contributed by atoms with Gasteiger partial charge in [0.1, 0.15) is 18.2 Å². The Morgan fingerprint density at radius 1 is 1.40 bits per heavy atom. The van der Waals surface area contributed by atoms with Gasteiger partial charge in [-0.1, -0.05) is 0 Å². The van der Waals surface area contributed by atoms with Gasteiger partial charge in [0, 0.05) is 30.8 Å². The quantitative estimate of drug-likeness (QED) is 0.871. The summed E-state index contributed by atoms with van der Waals surface area (Å²) in [7, 11) is 0. The Kier molecular flexibility index (Phi) is 3.42. The van der Waals surface area contributed by atoms with Gasteiger partial charge in [-0.15, -0.1) is 0 Å². The molecule has 0 spiro atoms. The molecular formula is C13H15N5O2. The molecule has 3 rings (SSSR count). The highest BCUT2D eigenvalue weighted by Gasteiger charge is 2.31. The Morgan fingerprint density at radius 3 is 2.90 bits per heavy atom. The first-order valence-electron chi connectivity index (χ1n) is 6.41. The number of aromatic amines is 1. The summed E-state index contributed by atoms with van der Waals surface area (Å²) in [5.74, 6) is 0.639. The number of ether oxygens (including phenoxy) is 1. The molecule has 0 saturated carbocycles. The molecule has 1 fully saturated rings. The maximum atomic E-state index is 12.5. The topological polar surface area (TPSA) is 84.0 Å². The summed E-state index contributed by atoms with van der Waals surface area (Å²) in [4.78, 5) is 29.5. The number of carbonyl (C=O) groups excluding carboxylic acids is 1. The normalized spacial score (nSPS) is 19.1. The molecule has 7 heteroatoms. The number of carbonyl (C=O) groups is 1. The van der Waals surface area contributed by atoms with Crippen LogP contribution in [-0.4, -0.2) is 50.5 Å². The minimum absolute atomic E-state index is 0.104. The van der Waals surface area contributed by atoms with E-state index >= 15 is 0 Å². The summed E-state index contributed by atoms with van der Waals surface area (Å²) in [6.45, 7) is 3.41. The number of nitrogens with zero attached hydrogens (tertiary/aromatic N) is 4. The smallest absolute Gasteiger partial charge is 0.257 e. The van der Waals surface area contributed by atoms with Crippen LogP contribution in [0.5, 0.6) is 0 Å². The van der Waals surface area contributed by atoms with Gasteiger partial charge < -0.3 is 14.6 Å². The lowest BCUT2D eigenvalue weighted by Crippen LogP contribution is -2.43. The van der Waals surface area contributed by atoms with E-state index in [4.69, 9.17) is 4.74 Å². The summed E-state index contributed by atoms with van der Waals surface area (Å²) in [5.41, 5.74) is 1.43. The fraction of sp³-hybridized carbons (Fsp3) is 0.385. The van der Waals surface area contributed by atoms with Crippen LogP contribution in [0.2, 0.25) is 0 Å². The molecule has 1 N–H and O–H groups in total. The van der Waals surface area contributed by atoms with Crippen molar-refractivity contribution in [3.63, 3.8) is 0 Å². The van der Waals surface area contributed by atoms with Gasteiger partial charge in [-0.2, -0.15) is 0 Å². The van der Waals surface area contributed by atoms with Crippen molar-refractivity contribution in [3.05, 3.63) is 42.0 Å². The predicted molar refractivity (Wildman–Crippen MR) is 70.0 cm³/mol. The van der Waals surface area contributed by atoms with Crippen LogP contribution in [-0.2, 0) is 4.74 Å². The second-order valence-corrected chi connectivity index (χ2v) is 4.67. The van der Waals surface area contributed by atoms with Crippen molar-refractivity contribution >= 4 is 5.91 Å². The van der Waals surface area contributed by atoms with E-state index in [1.165, 1.54) is 18.7 Å². The van der Waals surface area contributed by atoms with E-state index in [2.05, 4.69) is 19.9 Å². The lowest BCUT2D eigenvalue weighted by Gasteiger charge is -2.34. The number of aromatic nitrogens is 4. The number of rotatable bonds is 2. The van der Waals surface area contributed by atoms with Gasteiger partial charge in [-0.05, 0) is 6.92 Å². The highest BCUT2D eigenvalue weighted by Crippen LogP contribution is 2.23. The van der Waals surface area contributed by atoms with Crippen LogP contribution in [0.4, 0.5) is 0 Å². The van der Waals surface area contributed by atoms with Gasteiger partial charge in [-0.25, -0.2) is 15.0 Å². The molecule has 1 aliphatic rings. The van der Waals surface area contributed by atoms with Crippen LogP contribution in [0.25, 0.3) is 0 Å². The minimum atomic E-state index is -0.204. The van der Waals surface area contributed by atoms with Crippen LogP contribution in [0.15, 0.2) is 24.9 Å². The second kappa shape index (κ2) is 5.38. The minimum Gasteiger partial charge on any atom is -0.377 e. The summed E-state index contributed by atoms with van der Waals surface area (Å²) in [6.07, 6.45) is 6.20. The van der Waals surface area contributed by atoms with Crippen molar-refractivity contribution in [2.24, 2.45) is 0 Å². The first kappa shape index (κ1) is 12.7. The lowest BCUT2D eigenvalue weighted by atomic mass is 10.1. The molecule has 20 heavy (non-hydrogen) atoms. The van der Waals surface area contributed by atoms with Crippen molar-refractivity contribution < 1.29 is 9.53 Å². The monoisotopic (exact) mass is 273 g/mol. The van der Waals surface area contributed by atoms with E-state index in [1.807, 2.05) is 6.92 Å². The van der Waals surface area contributed by atoms with Crippen LogP contribution >= 0.6 is 0 Å². The SMILES string of the molecule is Cc1cnc(C2COCCN2C(=O)c2cncnc2)[nH]1. The number of H-pyrrole nitrogens is 1. The van der Waals surface area contributed by atoms with Gasteiger partial charge in [0.2, 0.25) is 0 Å². The average molecular weight is 273 g/mol. The summed E-state index contributed by atoms with van der Waals surface area (Å²) in [6, 6.07) is -0.204. The molecule has 0 aliphatic carbocycles. The number of hydrogen-bond donors (Lipinski definition) is 1. The first-order chi connectivity index (χ1) is 9.75. The molecule has 7 nitrogen and oxygen atoms in total. The summed E-state index contributed by atoms with van der Waals surface area (Å²) < 4.78 is 5.48. The molecule has 2 aromatic rings. The van der Waals surface area contributed by atoms with Gasteiger partial charge in [0.15, 0.2) is 0 Å². The average Bonchev–Trinajstić information content (AvgIpc) is 2.94. The van der Waals surface area contributed by atoms with Crippen molar-refractivity contribution in [2.75, 3.05) is 19.8 Å². The molecule has 1 amide bonds. The molecule has 0 aromatic carbocycles. The molecule has 3 heterocycles. The Balaban J connectivity index is 1.87. The van der Waals surface area contributed by atoms with Crippen LogP contribution in [0.3, 0.4) is 0 Å². The van der Waals surface area contributed by atoms with E-state index in [0.29, 0.717) is 25.3 Å². The fourth-order valence-corrected chi connectivity index (χ4v) is 2.25. The van der Waals surface area contributed by atoms with E-state index in [1.54, 1.807) is 11.1 Å². The number of hydrogen-bond acceptors (Lipinski definition) is 5. The van der Waals surface area contributed by atoms with Crippen LogP contribution in [0.1, 0.15) is 27.9 Å². The zero-order valence-corrected chi connectivity index (χ0v) is 11.1. The molecule has 1 unspecified atom stereocenters. The summed E-state index contributed by atoms with van der Waals surface area (Å²) in [5, 5.41) is 0. The zero-order chi connectivity index (χ0) is 13.9. The number of nitrogens with one attached hydrogen (secondary N) is 1. The van der Waals surface area contributed by atoms with Gasteiger partial charge in [-0.3, -0.25) is 4.79 Å². The van der Waals surface area contributed by atoms with E-state index in [-0.39, 0.29) is 11.9 Å². The Morgan fingerprint density at radius 2 is 2.20 bits per heavy atom. The largest absolute Gasteiger partial charge is 0.377 e. The van der Waals surface area contributed by atoms with Gasteiger partial charge in [0.25, 0.3) is 5.91 Å². The van der Waals surface area contributed by atoms with Crippen LogP contribution < -0.4 is 0 Å². The number of aryl methyl sites for hydroxylation is 1. The van der Waals surface area contributed by atoms with Gasteiger partial charge in [0.05, 0.1) is 18.8 Å². The maximum absolute atomic E-state index is 12.5. The molecule has 104 valence electrons.